The van der Waals surface area contributed by atoms with Crippen LogP contribution < -0.4 is 10.6 Å². The second kappa shape index (κ2) is 10.8. The number of anilines is 1. The third kappa shape index (κ3) is 6.74. The Morgan fingerprint density at radius 2 is 1.37 bits per heavy atom. The number of hydrogen-bond acceptors (Lipinski definition) is 2. The third-order valence-corrected chi connectivity index (χ3v) is 4.76. The van der Waals surface area contributed by atoms with Crippen LogP contribution in [0.3, 0.4) is 0 Å². The summed E-state index contributed by atoms with van der Waals surface area (Å²) >= 11 is 0. The van der Waals surface area contributed by atoms with E-state index in [0.717, 1.165) is 18.4 Å². The van der Waals surface area contributed by atoms with Gasteiger partial charge in [0.25, 0.3) is 0 Å². The van der Waals surface area contributed by atoms with E-state index >= 15 is 0 Å². The van der Waals surface area contributed by atoms with Crippen molar-refractivity contribution in [3.05, 3.63) is 114 Å². The molecule has 4 nitrogen and oxygen atoms in total. The molecule has 0 heterocycles. The van der Waals surface area contributed by atoms with Gasteiger partial charge in [-0.05, 0) is 47.7 Å². The van der Waals surface area contributed by atoms with E-state index < -0.39 is 0 Å². The molecule has 30 heavy (non-hydrogen) atoms. The van der Waals surface area contributed by atoms with Crippen molar-refractivity contribution in [3.63, 3.8) is 0 Å². The second-order valence-electron chi connectivity index (χ2n) is 7.21. The fourth-order valence-electron chi connectivity index (χ4n) is 3.39. The van der Waals surface area contributed by atoms with Crippen molar-refractivity contribution in [2.24, 2.45) is 0 Å². The van der Waals surface area contributed by atoms with Gasteiger partial charge >= 0.3 is 0 Å². The maximum absolute atomic E-state index is 12.8. The molecule has 3 aromatic rings. The zero-order valence-corrected chi connectivity index (χ0v) is 16.9. The largest absolute Gasteiger partial charge is 0.352 e. The average molecular weight is 399 g/mol. The molecule has 0 aromatic heterocycles. The molecule has 0 fully saturated rings. The van der Waals surface area contributed by atoms with E-state index in [9.17, 15) is 9.59 Å². The zero-order chi connectivity index (χ0) is 21.2. The molecule has 3 rings (SSSR count). The van der Waals surface area contributed by atoms with Crippen LogP contribution in [0.15, 0.2) is 97.6 Å². The topological polar surface area (TPSA) is 58.2 Å². The van der Waals surface area contributed by atoms with E-state index in [1.54, 1.807) is 6.07 Å². The first kappa shape index (κ1) is 21.1. The van der Waals surface area contributed by atoms with E-state index in [4.69, 9.17) is 0 Å². The highest BCUT2D eigenvalue weighted by molar-refractivity contribution is 5.98. The van der Waals surface area contributed by atoms with Crippen LogP contribution in [0, 0.1) is 0 Å². The van der Waals surface area contributed by atoms with Gasteiger partial charge < -0.3 is 10.6 Å². The summed E-state index contributed by atoms with van der Waals surface area (Å²) in [6.07, 6.45) is 2.99. The molecule has 2 amide bonds. The summed E-state index contributed by atoms with van der Waals surface area (Å²) in [7, 11) is 0. The number of carbonyl (C=O) groups excluding carboxylic acids is 2. The quantitative estimate of drug-likeness (QED) is 0.527. The molecule has 0 aliphatic rings. The molecule has 3 aromatic carbocycles. The van der Waals surface area contributed by atoms with Crippen molar-refractivity contribution >= 4 is 17.5 Å². The summed E-state index contributed by atoms with van der Waals surface area (Å²) in [6.45, 7) is 3.45. The summed E-state index contributed by atoms with van der Waals surface area (Å²) in [5, 5.41) is 5.91. The van der Waals surface area contributed by atoms with E-state index in [2.05, 4.69) is 41.5 Å². The van der Waals surface area contributed by atoms with Gasteiger partial charge in [-0.1, -0.05) is 79.4 Å². The molecule has 0 saturated heterocycles. The molecule has 0 aliphatic carbocycles. The average Bonchev–Trinajstić information content (AvgIpc) is 2.75. The van der Waals surface area contributed by atoms with Gasteiger partial charge in [-0.15, -0.1) is 0 Å². The summed E-state index contributed by atoms with van der Waals surface area (Å²) < 4.78 is 0. The van der Waals surface area contributed by atoms with Crippen molar-refractivity contribution in [2.75, 3.05) is 5.32 Å². The monoisotopic (exact) mass is 398 g/mol. The first-order chi connectivity index (χ1) is 14.6. The van der Waals surface area contributed by atoms with Crippen LogP contribution in [0.4, 0.5) is 5.69 Å². The van der Waals surface area contributed by atoms with Crippen LogP contribution in [0.5, 0.6) is 0 Å². The molecule has 0 bridgehead atoms. The van der Waals surface area contributed by atoms with Gasteiger partial charge in [0.2, 0.25) is 11.8 Å². The van der Waals surface area contributed by atoms with Crippen LogP contribution in [0.25, 0.3) is 0 Å². The van der Waals surface area contributed by atoms with Crippen LogP contribution in [-0.2, 0) is 28.9 Å². The van der Waals surface area contributed by atoms with Crippen molar-refractivity contribution in [1.82, 2.24) is 5.32 Å². The molecule has 152 valence electrons. The van der Waals surface area contributed by atoms with E-state index in [0.29, 0.717) is 5.69 Å². The first-order valence-corrected chi connectivity index (χ1v) is 10.0. The van der Waals surface area contributed by atoms with Crippen LogP contribution in [-0.4, -0.2) is 17.9 Å². The lowest BCUT2D eigenvalue weighted by Crippen LogP contribution is -2.39. The van der Waals surface area contributed by atoms with Gasteiger partial charge in [-0.25, -0.2) is 0 Å². The Kier molecular flexibility index (Phi) is 7.56. The second-order valence-corrected chi connectivity index (χ2v) is 7.21. The maximum atomic E-state index is 12.8. The van der Waals surface area contributed by atoms with Gasteiger partial charge in [0.15, 0.2) is 0 Å². The number of carbonyl (C=O) groups is 2. The van der Waals surface area contributed by atoms with Crippen LogP contribution in [0.2, 0.25) is 0 Å². The van der Waals surface area contributed by atoms with Crippen molar-refractivity contribution in [2.45, 2.75) is 25.3 Å². The molecule has 0 atom stereocenters. The Labute approximate surface area is 177 Å². The predicted molar refractivity (Wildman–Crippen MR) is 121 cm³/mol. The smallest absolute Gasteiger partial charge is 0.247 e. The third-order valence-electron chi connectivity index (χ3n) is 4.76. The summed E-state index contributed by atoms with van der Waals surface area (Å²) in [5.41, 5.74) is 3.86. The number of nitrogens with one attached hydrogen (secondary N) is 2. The highest BCUT2D eigenvalue weighted by Crippen LogP contribution is 2.13. The minimum absolute atomic E-state index is 0.00838. The minimum Gasteiger partial charge on any atom is -0.352 e. The Hall–Kier alpha value is -3.66. The standard InChI is InChI=1S/C26H26N2O2/c1-2-25(29)27-23-15-9-14-22(18-23)19-26(30)28-24(16-20-10-5-3-6-11-20)17-21-12-7-4-8-13-21/h2-15,18,24H,1,16-17,19H2,(H,27,29)(H,28,30). The number of hydrogen-bond donors (Lipinski definition) is 2. The summed E-state index contributed by atoms with van der Waals surface area (Å²) in [5.74, 6) is -0.318. The molecular weight excluding hydrogens is 372 g/mol. The molecule has 0 aliphatic heterocycles. The Morgan fingerprint density at radius 3 is 1.93 bits per heavy atom. The van der Waals surface area contributed by atoms with Gasteiger partial charge in [-0.3, -0.25) is 9.59 Å². The lowest BCUT2D eigenvalue weighted by molar-refractivity contribution is -0.121. The first-order valence-electron chi connectivity index (χ1n) is 10.0. The van der Waals surface area contributed by atoms with Crippen molar-refractivity contribution in [3.8, 4) is 0 Å². The number of benzene rings is 3. The van der Waals surface area contributed by atoms with Gasteiger partial charge in [0.05, 0.1) is 6.42 Å². The van der Waals surface area contributed by atoms with Crippen LogP contribution >= 0.6 is 0 Å². The van der Waals surface area contributed by atoms with E-state index in [1.165, 1.54) is 17.2 Å². The number of amides is 2. The predicted octanol–water partition coefficient (Wildman–Crippen LogP) is 4.32. The summed E-state index contributed by atoms with van der Waals surface area (Å²) in [6, 6.07) is 27.7. The molecule has 0 unspecified atom stereocenters. The molecule has 0 spiro atoms. The van der Waals surface area contributed by atoms with E-state index in [1.807, 2.05) is 54.6 Å². The number of rotatable bonds is 9. The fourth-order valence-corrected chi connectivity index (χ4v) is 3.39. The van der Waals surface area contributed by atoms with Crippen LogP contribution in [0.1, 0.15) is 16.7 Å². The lowest BCUT2D eigenvalue weighted by atomic mass is 9.98. The zero-order valence-electron chi connectivity index (χ0n) is 16.9. The molecule has 0 radical (unpaired) electrons. The SMILES string of the molecule is C=CC(=O)Nc1cccc(CC(=O)NC(Cc2ccccc2)Cc2ccccc2)c1. The van der Waals surface area contributed by atoms with Gasteiger partial charge in [0, 0.05) is 11.7 Å². The normalized spacial score (nSPS) is 10.4. The minimum atomic E-state index is -0.276. The molecule has 2 N–H and O–H groups in total. The Morgan fingerprint density at radius 1 is 0.800 bits per heavy atom. The van der Waals surface area contributed by atoms with E-state index in [-0.39, 0.29) is 24.3 Å². The molecule has 4 heteroatoms. The van der Waals surface area contributed by atoms with Crippen molar-refractivity contribution < 1.29 is 9.59 Å². The highest BCUT2D eigenvalue weighted by Gasteiger charge is 2.15. The molecule has 0 saturated carbocycles. The molecular formula is C26H26N2O2. The fraction of sp³-hybridized carbons (Fsp3) is 0.154. The Balaban J connectivity index is 1.67. The Bertz CT molecular complexity index is 943. The lowest BCUT2D eigenvalue weighted by Gasteiger charge is -2.19. The maximum Gasteiger partial charge on any atom is 0.247 e. The van der Waals surface area contributed by atoms with Gasteiger partial charge in [-0.2, -0.15) is 0 Å². The highest BCUT2D eigenvalue weighted by atomic mass is 16.2. The summed E-state index contributed by atoms with van der Waals surface area (Å²) in [4.78, 5) is 24.3. The van der Waals surface area contributed by atoms with Gasteiger partial charge in [0.1, 0.15) is 0 Å². The van der Waals surface area contributed by atoms with Crippen molar-refractivity contribution in [1.29, 1.82) is 0 Å².